The van der Waals surface area contributed by atoms with Crippen LogP contribution in [0.15, 0.2) is 0 Å². The molecule has 2 amide bonds. The molecule has 2 saturated heterocycles. The lowest BCUT2D eigenvalue weighted by Gasteiger charge is -2.40. The van der Waals surface area contributed by atoms with E-state index in [1.54, 1.807) is 11.9 Å². The number of likely N-dealkylation sites (tertiary alicyclic amines) is 1. The lowest BCUT2D eigenvalue weighted by atomic mass is 9.92. The number of carboxylic acid groups (broad SMARTS) is 1. The molecule has 0 bridgehead atoms. The minimum absolute atomic E-state index is 0.0101. The molecule has 0 aliphatic carbocycles. The van der Waals surface area contributed by atoms with Crippen LogP contribution in [0.2, 0.25) is 0 Å². The average Bonchev–Trinajstić information content (AvgIpc) is 2.83. The van der Waals surface area contributed by atoms with Crippen LogP contribution in [-0.4, -0.2) is 65.3 Å². The maximum absolute atomic E-state index is 12.6. The summed E-state index contributed by atoms with van der Waals surface area (Å²) >= 11 is 0. The number of carbonyl (C=O) groups is 2. The zero-order valence-corrected chi connectivity index (χ0v) is 12.4. The highest BCUT2D eigenvalue weighted by Crippen LogP contribution is 2.26. The molecule has 0 aromatic carbocycles. The molecule has 114 valence electrons. The van der Waals surface area contributed by atoms with Crippen molar-refractivity contribution in [1.29, 1.82) is 0 Å². The number of urea groups is 1. The van der Waals surface area contributed by atoms with E-state index in [1.165, 1.54) is 4.90 Å². The summed E-state index contributed by atoms with van der Waals surface area (Å²) in [4.78, 5) is 27.1. The van der Waals surface area contributed by atoms with Crippen molar-refractivity contribution in [1.82, 2.24) is 9.80 Å². The third-order valence-electron chi connectivity index (χ3n) is 4.53. The average molecular weight is 284 g/mol. The first-order chi connectivity index (χ1) is 9.41. The Balaban J connectivity index is 2.08. The minimum Gasteiger partial charge on any atom is -0.480 e. The first-order valence-corrected chi connectivity index (χ1v) is 7.29. The number of carboxylic acids is 1. The molecule has 2 heterocycles. The molecule has 0 saturated carbocycles. The largest absolute Gasteiger partial charge is 0.480 e. The number of piperidine rings is 1. The van der Waals surface area contributed by atoms with Crippen molar-refractivity contribution in [3.05, 3.63) is 0 Å². The molecular weight excluding hydrogens is 260 g/mol. The van der Waals surface area contributed by atoms with Crippen molar-refractivity contribution in [3.63, 3.8) is 0 Å². The van der Waals surface area contributed by atoms with Gasteiger partial charge in [-0.2, -0.15) is 0 Å². The Labute approximate surface area is 119 Å². The number of nitrogens with zero attached hydrogens (tertiary/aromatic N) is 2. The van der Waals surface area contributed by atoms with E-state index in [9.17, 15) is 14.7 Å². The summed E-state index contributed by atoms with van der Waals surface area (Å²) in [5.41, 5.74) is 0. The van der Waals surface area contributed by atoms with Crippen LogP contribution in [0.4, 0.5) is 4.79 Å². The number of carbonyl (C=O) groups excluding carboxylic acids is 1. The fraction of sp³-hybridized carbons (Fsp3) is 0.857. The van der Waals surface area contributed by atoms with E-state index in [0.29, 0.717) is 25.5 Å². The van der Waals surface area contributed by atoms with Crippen LogP contribution in [0.3, 0.4) is 0 Å². The number of hydrogen-bond donors (Lipinski definition) is 1. The number of ether oxygens (including phenoxy) is 1. The maximum atomic E-state index is 12.6. The van der Waals surface area contributed by atoms with Crippen molar-refractivity contribution < 1.29 is 19.4 Å². The Morgan fingerprint density at radius 3 is 2.55 bits per heavy atom. The molecule has 0 aromatic heterocycles. The topological polar surface area (TPSA) is 70.1 Å². The van der Waals surface area contributed by atoms with Gasteiger partial charge in [0, 0.05) is 20.2 Å². The van der Waals surface area contributed by atoms with Crippen LogP contribution < -0.4 is 0 Å². The highest BCUT2D eigenvalue weighted by Gasteiger charge is 2.39. The molecule has 6 nitrogen and oxygen atoms in total. The zero-order valence-electron chi connectivity index (χ0n) is 12.4. The van der Waals surface area contributed by atoms with Crippen LogP contribution in [0, 0.1) is 5.92 Å². The molecule has 0 aromatic rings. The van der Waals surface area contributed by atoms with Gasteiger partial charge in [0.2, 0.25) is 0 Å². The number of aliphatic carboxylic acids is 1. The van der Waals surface area contributed by atoms with Crippen LogP contribution >= 0.6 is 0 Å². The van der Waals surface area contributed by atoms with Gasteiger partial charge < -0.3 is 19.6 Å². The van der Waals surface area contributed by atoms with E-state index in [4.69, 9.17) is 4.74 Å². The Morgan fingerprint density at radius 2 is 2.00 bits per heavy atom. The van der Waals surface area contributed by atoms with Gasteiger partial charge >= 0.3 is 12.0 Å². The summed E-state index contributed by atoms with van der Waals surface area (Å²) in [6.07, 6.45) is 2.22. The predicted molar refractivity (Wildman–Crippen MR) is 73.5 cm³/mol. The summed E-state index contributed by atoms with van der Waals surface area (Å²) in [5, 5.41) is 9.34. The standard InChI is InChI=1S/C14H24N2O4/c1-9-4-6-16(12(8-9)13(17)18)14(19)15(3)11-5-7-20-10(11)2/h9-12H,4-8H2,1-3H3,(H,17,18). The Morgan fingerprint density at radius 1 is 1.30 bits per heavy atom. The normalized spacial score (nSPS) is 34.0. The third kappa shape index (κ3) is 2.90. The van der Waals surface area contributed by atoms with Crippen molar-refractivity contribution in [2.24, 2.45) is 5.92 Å². The van der Waals surface area contributed by atoms with Gasteiger partial charge in [-0.3, -0.25) is 0 Å². The fourth-order valence-corrected chi connectivity index (χ4v) is 3.18. The highest BCUT2D eigenvalue weighted by molar-refractivity contribution is 5.83. The molecule has 0 spiro atoms. The molecule has 1 N–H and O–H groups in total. The van der Waals surface area contributed by atoms with E-state index in [1.807, 2.05) is 13.8 Å². The predicted octanol–water partition coefficient (Wildman–Crippen LogP) is 1.40. The van der Waals surface area contributed by atoms with Gasteiger partial charge in [0.1, 0.15) is 6.04 Å². The quantitative estimate of drug-likeness (QED) is 0.832. The summed E-state index contributed by atoms with van der Waals surface area (Å²) in [7, 11) is 1.75. The summed E-state index contributed by atoms with van der Waals surface area (Å²) < 4.78 is 5.49. The van der Waals surface area contributed by atoms with Crippen molar-refractivity contribution in [3.8, 4) is 0 Å². The zero-order chi connectivity index (χ0) is 14.9. The lowest BCUT2D eigenvalue weighted by Crippen LogP contribution is -2.56. The van der Waals surface area contributed by atoms with E-state index in [-0.39, 0.29) is 18.2 Å². The summed E-state index contributed by atoms with van der Waals surface area (Å²) in [6, 6.07) is -0.853. The Bertz CT molecular complexity index is 387. The van der Waals surface area contributed by atoms with Gasteiger partial charge in [0.15, 0.2) is 0 Å². The van der Waals surface area contributed by atoms with E-state index in [2.05, 4.69) is 0 Å². The molecular formula is C14H24N2O4. The van der Waals surface area contributed by atoms with Gasteiger partial charge in [0.05, 0.1) is 12.1 Å². The lowest BCUT2D eigenvalue weighted by molar-refractivity contribution is -0.144. The van der Waals surface area contributed by atoms with Crippen LogP contribution in [0.5, 0.6) is 0 Å². The van der Waals surface area contributed by atoms with Crippen LogP contribution in [0.1, 0.15) is 33.1 Å². The fourth-order valence-electron chi connectivity index (χ4n) is 3.18. The molecule has 2 aliphatic rings. The smallest absolute Gasteiger partial charge is 0.326 e. The summed E-state index contributed by atoms with van der Waals surface area (Å²) in [6.45, 7) is 5.16. The van der Waals surface area contributed by atoms with Gasteiger partial charge in [-0.15, -0.1) is 0 Å². The van der Waals surface area contributed by atoms with Gasteiger partial charge in [0.25, 0.3) is 0 Å². The van der Waals surface area contributed by atoms with Gasteiger partial charge in [-0.05, 0) is 32.1 Å². The molecule has 4 atom stereocenters. The second kappa shape index (κ2) is 5.99. The van der Waals surface area contributed by atoms with Crippen LogP contribution in [-0.2, 0) is 9.53 Å². The maximum Gasteiger partial charge on any atom is 0.326 e. The first-order valence-electron chi connectivity index (χ1n) is 7.29. The van der Waals surface area contributed by atoms with Crippen LogP contribution in [0.25, 0.3) is 0 Å². The number of amides is 2. The van der Waals surface area contributed by atoms with Crippen molar-refractivity contribution in [2.75, 3.05) is 20.2 Å². The van der Waals surface area contributed by atoms with Gasteiger partial charge in [-0.1, -0.05) is 6.92 Å². The number of rotatable bonds is 2. The SMILES string of the molecule is CC1CCN(C(=O)N(C)C2CCOC2C)C(C(=O)O)C1. The number of likely N-dealkylation sites (N-methyl/N-ethyl adjacent to an activating group) is 1. The molecule has 2 aliphatic heterocycles. The first kappa shape index (κ1) is 15.1. The number of hydrogen-bond acceptors (Lipinski definition) is 3. The molecule has 4 unspecified atom stereocenters. The molecule has 20 heavy (non-hydrogen) atoms. The molecule has 2 rings (SSSR count). The highest BCUT2D eigenvalue weighted by atomic mass is 16.5. The van der Waals surface area contributed by atoms with E-state index >= 15 is 0 Å². The monoisotopic (exact) mass is 284 g/mol. The summed E-state index contributed by atoms with van der Waals surface area (Å²) in [5.74, 6) is -0.562. The Hall–Kier alpha value is -1.30. The second-order valence-electron chi connectivity index (χ2n) is 6.00. The molecule has 0 radical (unpaired) electrons. The van der Waals surface area contributed by atoms with Crippen molar-refractivity contribution in [2.45, 2.75) is 51.3 Å². The third-order valence-corrected chi connectivity index (χ3v) is 4.53. The molecule has 6 heteroatoms. The van der Waals surface area contributed by atoms with E-state index in [0.717, 1.165) is 12.8 Å². The Kier molecular flexibility index (Phi) is 4.52. The minimum atomic E-state index is -0.908. The second-order valence-corrected chi connectivity index (χ2v) is 6.00. The van der Waals surface area contributed by atoms with Gasteiger partial charge in [-0.25, -0.2) is 9.59 Å². The van der Waals surface area contributed by atoms with E-state index < -0.39 is 12.0 Å². The van der Waals surface area contributed by atoms with Crippen molar-refractivity contribution >= 4 is 12.0 Å². The molecule has 2 fully saturated rings.